The second kappa shape index (κ2) is 7.62. The molecule has 0 saturated carbocycles. The van der Waals surface area contributed by atoms with Crippen LogP contribution < -0.4 is 5.32 Å². The average molecular weight is 330 g/mol. The zero-order valence-electron chi connectivity index (χ0n) is 11.9. The number of alkyl halides is 2. The summed E-state index contributed by atoms with van der Waals surface area (Å²) in [7, 11) is 0. The zero-order chi connectivity index (χ0) is 14.7. The van der Waals surface area contributed by atoms with Crippen molar-refractivity contribution in [2.75, 3.05) is 19.6 Å². The molecule has 1 saturated heterocycles. The lowest BCUT2D eigenvalue weighted by Crippen LogP contribution is -2.45. The summed E-state index contributed by atoms with van der Waals surface area (Å²) in [4.78, 5) is 6.29. The van der Waals surface area contributed by atoms with Crippen molar-refractivity contribution in [1.82, 2.24) is 25.0 Å². The van der Waals surface area contributed by atoms with Gasteiger partial charge in [0.05, 0.1) is 5.69 Å². The van der Waals surface area contributed by atoms with Gasteiger partial charge >= 0.3 is 6.55 Å². The highest BCUT2D eigenvalue weighted by Gasteiger charge is 2.24. The van der Waals surface area contributed by atoms with Crippen molar-refractivity contribution in [2.45, 2.75) is 19.1 Å². The summed E-state index contributed by atoms with van der Waals surface area (Å²) >= 11 is 0. The predicted molar refractivity (Wildman–Crippen MR) is 81.0 cm³/mol. The Morgan fingerprint density at radius 1 is 1.27 bits per heavy atom. The standard InChI is InChI=1S/C14H17F2N5.ClH/c15-14(16)21-7-3-12(19-21)10-20-8-6-18-9-13(20)11-1-4-17-5-2-11;/h1-5,7,13-14,18H,6,8-10H2;1H. The maximum absolute atomic E-state index is 12.6. The molecule has 0 amide bonds. The zero-order valence-corrected chi connectivity index (χ0v) is 12.7. The van der Waals surface area contributed by atoms with E-state index in [-0.39, 0.29) is 18.4 Å². The molecule has 0 spiro atoms. The Morgan fingerprint density at radius 3 is 2.73 bits per heavy atom. The number of nitrogens with one attached hydrogen (secondary N) is 1. The van der Waals surface area contributed by atoms with Gasteiger partial charge in [-0.05, 0) is 23.8 Å². The van der Waals surface area contributed by atoms with Crippen LogP contribution in [0.1, 0.15) is 23.8 Å². The molecule has 3 rings (SSSR count). The number of hydrogen-bond donors (Lipinski definition) is 1. The van der Waals surface area contributed by atoms with Gasteiger partial charge in [0.25, 0.3) is 0 Å². The SMILES string of the molecule is Cl.FC(F)n1ccc(CN2CCNCC2c2ccncc2)n1. The number of halogens is 3. The normalized spacial score (nSPS) is 19.1. The maximum Gasteiger partial charge on any atom is 0.333 e. The Bertz CT molecular complexity index is 578. The van der Waals surface area contributed by atoms with Gasteiger partial charge in [-0.2, -0.15) is 13.9 Å². The molecule has 1 fully saturated rings. The van der Waals surface area contributed by atoms with E-state index in [0.29, 0.717) is 16.9 Å². The molecule has 0 bridgehead atoms. The van der Waals surface area contributed by atoms with Crippen LogP contribution in [0.2, 0.25) is 0 Å². The molecule has 1 unspecified atom stereocenters. The molecule has 0 aliphatic carbocycles. The van der Waals surface area contributed by atoms with Crippen LogP contribution in [0.5, 0.6) is 0 Å². The van der Waals surface area contributed by atoms with Gasteiger partial charge in [-0.3, -0.25) is 9.88 Å². The lowest BCUT2D eigenvalue weighted by atomic mass is 10.0. The van der Waals surface area contributed by atoms with Gasteiger partial charge < -0.3 is 5.32 Å². The van der Waals surface area contributed by atoms with E-state index in [1.54, 1.807) is 18.5 Å². The van der Waals surface area contributed by atoms with Crippen molar-refractivity contribution in [3.8, 4) is 0 Å². The van der Waals surface area contributed by atoms with Crippen molar-refractivity contribution in [3.63, 3.8) is 0 Å². The van der Waals surface area contributed by atoms with Crippen LogP contribution in [0.15, 0.2) is 36.8 Å². The van der Waals surface area contributed by atoms with Crippen LogP contribution in [0.25, 0.3) is 0 Å². The van der Waals surface area contributed by atoms with Gasteiger partial charge in [0.15, 0.2) is 0 Å². The highest BCUT2D eigenvalue weighted by molar-refractivity contribution is 5.85. The number of aromatic nitrogens is 3. The highest BCUT2D eigenvalue weighted by Crippen LogP contribution is 2.23. The number of hydrogen-bond acceptors (Lipinski definition) is 4. The summed E-state index contributed by atoms with van der Waals surface area (Å²) in [6.45, 7) is 0.553. The summed E-state index contributed by atoms with van der Waals surface area (Å²) in [5.41, 5.74) is 1.83. The van der Waals surface area contributed by atoms with E-state index in [1.165, 1.54) is 11.8 Å². The third-order valence-electron chi connectivity index (χ3n) is 3.67. The molecule has 0 radical (unpaired) electrons. The van der Waals surface area contributed by atoms with Crippen LogP contribution in [0, 0.1) is 0 Å². The van der Waals surface area contributed by atoms with E-state index < -0.39 is 6.55 Å². The second-order valence-electron chi connectivity index (χ2n) is 5.04. The smallest absolute Gasteiger partial charge is 0.314 e. The van der Waals surface area contributed by atoms with E-state index in [2.05, 4.69) is 20.3 Å². The predicted octanol–water partition coefficient (Wildman–Crippen LogP) is 2.24. The molecule has 120 valence electrons. The van der Waals surface area contributed by atoms with Crippen molar-refractivity contribution >= 4 is 12.4 Å². The summed E-state index contributed by atoms with van der Waals surface area (Å²) in [5.74, 6) is 0. The number of piperazine rings is 1. The van der Waals surface area contributed by atoms with Gasteiger partial charge in [-0.15, -0.1) is 12.4 Å². The van der Waals surface area contributed by atoms with Crippen LogP contribution >= 0.6 is 12.4 Å². The van der Waals surface area contributed by atoms with E-state index in [4.69, 9.17) is 0 Å². The van der Waals surface area contributed by atoms with Crippen molar-refractivity contribution < 1.29 is 8.78 Å². The van der Waals surface area contributed by atoms with Gasteiger partial charge in [0.1, 0.15) is 0 Å². The number of pyridine rings is 1. The molecule has 0 aromatic carbocycles. The molecule has 5 nitrogen and oxygen atoms in total. The molecular formula is C14H18ClF2N5. The summed E-state index contributed by atoms with van der Waals surface area (Å²) in [6, 6.07) is 5.83. The summed E-state index contributed by atoms with van der Waals surface area (Å²) in [5, 5.41) is 7.29. The fourth-order valence-corrected chi connectivity index (χ4v) is 2.63. The van der Waals surface area contributed by atoms with E-state index >= 15 is 0 Å². The third kappa shape index (κ3) is 3.79. The first-order valence-corrected chi connectivity index (χ1v) is 6.91. The Labute approximate surface area is 133 Å². The molecule has 8 heteroatoms. The molecule has 1 N–H and O–H groups in total. The van der Waals surface area contributed by atoms with Crippen molar-refractivity contribution in [1.29, 1.82) is 0 Å². The molecule has 2 aromatic rings. The van der Waals surface area contributed by atoms with E-state index in [0.717, 1.165) is 19.6 Å². The van der Waals surface area contributed by atoms with Crippen LogP contribution in [-0.2, 0) is 6.54 Å². The molecule has 22 heavy (non-hydrogen) atoms. The van der Waals surface area contributed by atoms with Gasteiger partial charge in [0.2, 0.25) is 0 Å². The Kier molecular flexibility index (Phi) is 5.82. The summed E-state index contributed by atoms with van der Waals surface area (Å²) < 4.78 is 25.8. The van der Waals surface area contributed by atoms with Crippen LogP contribution in [0.3, 0.4) is 0 Å². The molecule has 2 aromatic heterocycles. The maximum atomic E-state index is 12.6. The van der Waals surface area contributed by atoms with Crippen molar-refractivity contribution in [3.05, 3.63) is 48.0 Å². The molecule has 3 heterocycles. The molecular weight excluding hydrogens is 312 g/mol. The van der Waals surface area contributed by atoms with E-state index in [1.807, 2.05) is 12.1 Å². The largest absolute Gasteiger partial charge is 0.333 e. The first-order chi connectivity index (χ1) is 10.2. The minimum atomic E-state index is -2.59. The lowest BCUT2D eigenvalue weighted by molar-refractivity contribution is 0.0554. The fraction of sp³-hybridized carbons (Fsp3) is 0.429. The Balaban J connectivity index is 0.00000176. The van der Waals surface area contributed by atoms with Gasteiger partial charge in [-0.25, -0.2) is 4.68 Å². The van der Waals surface area contributed by atoms with Crippen LogP contribution in [0.4, 0.5) is 8.78 Å². The fourth-order valence-electron chi connectivity index (χ4n) is 2.63. The minimum Gasteiger partial charge on any atom is -0.314 e. The molecule has 1 aliphatic rings. The first kappa shape index (κ1) is 16.8. The minimum absolute atomic E-state index is 0. The third-order valence-corrected chi connectivity index (χ3v) is 3.67. The lowest BCUT2D eigenvalue weighted by Gasteiger charge is -2.36. The number of nitrogens with zero attached hydrogens (tertiary/aromatic N) is 4. The average Bonchev–Trinajstić information content (AvgIpc) is 2.98. The second-order valence-corrected chi connectivity index (χ2v) is 5.04. The van der Waals surface area contributed by atoms with Crippen LogP contribution in [-0.4, -0.2) is 39.3 Å². The molecule has 1 aliphatic heterocycles. The Hall–Kier alpha value is -1.57. The Morgan fingerprint density at radius 2 is 2.05 bits per heavy atom. The molecule has 1 atom stereocenters. The highest BCUT2D eigenvalue weighted by atomic mass is 35.5. The van der Waals surface area contributed by atoms with Crippen molar-refractivity contribution in [2.24, 2.45) is 0 Å². The first-order valence-electron chi connectivity index (χ1n) is 6.91. The topological polar surface area (TPSA) is 46.0 Å². The quantitative estimate of drug-likeness (QED) is 0.934. The van der Waals surface area contributed by atoms with Gasteiger partial charge in [0, 0.05) is 50.8 Å². The number of rotatable bonds is 4. The van der Waals surface area contributed by atoms with E-state index in [9.17, 15) is 8.78 Å². The monoisotopic (exact) mass is 329 g/mol. The van der Waals surface area contributed by atoms with Gasteiger partial charge in [-0.1, -0.05) is 0 Å². The summed E-state index contributed by atoms with van der Waals surface area (Å²) in [6.07, 6.45) is 4.87.